The van der Waals surface area contributed by atoms with Crippen molar-refractivity contribution in [2.45, 2.75) is 25.4 Å². The number of carbonyl (C=O) groups excluding carboxylic acids is 1. The maximum absolute atomic E-state index is 12.1. The zero-order chi connectivity index (χ0) is 13.4. The number of carbonyl (C=O) groups is 1. The van der Waals surface area contributed by atoms with E-state index in [1.165, 1.54) is 0 Å². The molecule has 5 nitrogen and oxygen atoms in total. The second-order valence-electron chi connectivity index (χ2n) is 4.70. The first-order valence-electron chi connectivity index (χ1n) is 6.42. The van der Waals surface area contributed by atoms with Gasteiger partial charge in [0.15, 0.2) is 0 Å². The smallest absolute Gasteiger partial charge is 0.415 e. The number of hydrogen-bond donors (Lipinski definition) is 0. The highest BCUT2D eigenvalue weighted by molar-refractivity contribution is 6.30. The topological polar surface area (TPSA) is 51.7 Å². The molecule has 0 aromatic carbocycles. The largest absolute Gasteiger partial charge is 0.443 e. The summed E-state index contributed by atoms with van der Waals surface area (Å²) in [5.74, 6) is 0.766. The molecule has 3 heterocycles. The summed E-state index contributed by atoms with van der Waals surface area (Å²) < 4.78 is 10.9. The Morgan fingerprint density at radius 3 is 3.21 bits per heavy atom. The zero-order valence-corrected chi connectivity index (χ0v) is 11.4. The van der Waals surface area contributed by atoms with Crippen LogP contribution in [0.1, 0.15) is 24.8 Å². The standard InChI is InChI=1S/C13H15ClN2O3/c1-2-16-12-10(5-8(14)6-15-12)9-3-4-18-7-11(9)19-13(16)17/h5-6,9,11H,2-4,7H2,1H3/t9-,11-/m0/s1. The van der Waals surface area contributed by atoms with Gasteiger partial charge >= 0.3 is 6.09 Å². The second-order valence-corrected chi connectivity index (χ2v) is 5.14. The van der Waals surface area contributed by atoms with Crippen molar-refractivity contribution in [3.63, 3.8) is 0 Å². The van der Waals surface area contributed by atoms with E-state index in [4.69, 9.17) is 21.1 Å². The van der Waals surface area contributed by atoms with Gasteiger partial charge in [-0.25, -0.2) is 9.78 Å². The molecule has 19 heavy (non-hydrogen) atoms. The number of rotatable bonds is 1. The van der Waals surface area contributed by atoms with Gasteiger partial charge in [0.25, 0.3) is 0 Å². The first kappa shape index (κ1) is 12.7. The van der Waals surface area contributed by atoms with Gasteiger partial charge in [-0.15, -0.1) is 0 Å². The van der Waals surface area contributed by atoms with Crippen LogP contribution < -0.4 is 4.90 Å². The van der Waals surface area contributed by atoms with Crippen LogP contribution in [0.5, 0.6) is 0 Å². The number of pyridine rings is 1. The van der Waals surface area contributed by atoms with Gasteiger partial charge in [0, 0.05) is 30.8 Å². The molecule has 1 saturated heterocycles. The number of aromatic nitrogens is 1. The normalized spacial score (nSPS) is 26.2. The van der Waals surface area contributed by atoms with Gasteiger partial charge in [0.2, 0.25) is 0 Å². The van der Waals surface area contributed by atoms with Gasteiger partial charge < -0.3 is 9.47 Å². The fourth-order valence-corrected chi connectivity index (χ4v) is 2.85. The second kappa shape index (κ2) is 4.98. The first-order valence-corrected chi connectivity index (χ1v) is 6.80. The highest BCUT2D eigenvalue weighted by Gasteiger charge is 2.38. The number of anilines is 1. The highest BCUT2D eigenvalue weighted by atomic mass is 35.5. The van der Waals surface area contributed by atoms with Crippen LogP contribution in [0.3, 0.4) is 0 Å². The van der Waals surface area contributed by atoms with E-state index in [-0.39, 0.29) is 18.1 Å². The highest BCUT2D eigenvalue weighted by Crippen LogP contribution is 2.38. The molecule has 0 N–H and O–H groups in total. The lowest BCUT2D eigenvalue weighted by Crippen LogP contribution is -2.36. The Morgan fingerprint density at radius 1 is 1.58 bits per heavy atom. The molecule has 1 fully saturated rings. The Morgan fingerprint density at radius 2 is 2.42 bits per heavy atom. The summed E-state index contributed by atoms with van der Waals surface area (Å²) in [4.78, 5) is 18.0. The van der Waals surface area contributed by atoms with E-state index in [9.17, 15) is 4.79 Å². The van der Waals surface area contributed by atoms with Crippen molar-refractivity contribution >= 4 is 23.5 Å². The number of nitrogens with zero attached hydrogens (tertiary/aromatic N) is 2. The molecule has 102 valence electrons. The predicted octanol–water partition coefficient (Wildman–Crippen LogP) is 2.58. The van der Waals surface area contributed by atoms with Gasteiger partial charge in [-0.2, -0.15) is 0 Å². The van der Waals surface area contributed by atoms with Gasteiger partial charge in [-0.05, 0) is 19.4 Å². The minimum Gasteiger partial charge on any atom is -0.443 e. The molecule has 0 unspecified atom stereocenters. The van der Waals surface area contributed by atoms with E-state index in [1.54, 1.807) is 11.1 Å². The molecule has 0 bridgehead atoms. The average molecular weight is 283 g/mol. The molecule has 1 aromatic heterocycles. The Labute approximate surface area is 116 Å². The van der Waals surface area contributed by atoms with Crippen molar-refractivity contribution in [2.75, 3.05) is 24.7 Å². The van der Waals surface area contributed by atoms with Crippen LogP contribution in [0.15, 0.2) is 12.3 Å². The molecule has 2 aliphatic heterocycles. The molecular formula is C13H15ClN2O3. The molecule has 3 rings (SSSR count). The summed E-state index contributed by atoms with van der Waals surface area (Å²) in [6.45, 7) is 3.50. The fourth-order valence-electron chi connectivity index (χ4n) is 2.69. The third-order valence-corrected chi connectivity index (χ3v) is 3.82. The molecule has 0 spiro atoms. The third kappa shape index (κ3) is 2.17. The van der Waals surface area contributed by atoms with Crippen molar-refractivity contribution in [3.05, 3.63) is 22.8 Å². The van der Waals surface area contributed by atoms with E-state index in [0.29, 0.717) is 30.6 Å². The number of fused-ring (bicyclic) bond motifs is 3. The number of halogens is 1. The van der Waals surface area contributed by atoms with Crippen LogP contribution in [0.2, 0.25) is 5.02 Å². The maximum Gasteiger partial charge on any atom is 0.415 e. The molecule has 6 heteroatoms. The SMILES string of the molecule is CCN1C(=O)O[C@H]2COCC[C@H]2c2cc(Cl)cnc21. The molecule has 1 aromatic rings. The lowest BCUT2D eigenvalue weighted by atomic mass is 9.89. The van der Waals surface area contributed by atoms with E-state index in [1.807, 2.05) is 13.0 Å². The molecule has 0 saturated carbocycles. The van der Waals surface area contributed by atoms with Crippen LogP contribution >= 0.6 is 11.6 Å². The van der Waals surface area contributed by atoms with E-state index < -0.39 is 0 Å². The van der Waals surface area contributed by atoms with Gasteiger partial charge in [0.05, 0.1) is 11.6 Å². The summed E-state index contributed by atoms with van der Waals surface area (Å²) in [7, 11) is 0. The van der Waals surface area contributed by atoms with Gasteiger partial charge in [-0.1, -0.05) is 11.6 Å². The van der Waals surface area contributed by atoms with Crippen LogP contribution in [0.25, 0.3) is 0 Å². The molecule has 0 radical (unpaired) electrons. The summed E-state index contributed by atoms with van der Waals surface area (Å²) in [5, 5.41) is 0.578. The van der Waals surface area contributed by atoms with Crippen molar-refractivity contribution in [1.82, 2.24) is 4.98 Å². The summed E-state index contributed by atoms with van der Waals surface area (Å²) >= 11 is 6.05. The monoisotopic (exact) mass is 282 g/mol. The number of ether oxygens (including phenoxy) is 2. The summed E-state index contributed by atoms with van der Waals surface area (Å²) in [6.07, 6.45) is 1.76. The minimum absolute atomic E-state index is 0.107. The number of hydrogen-bond acceptors (Lipinski definition) is 4. The molecule has 0 aliphatic carbocycles. The Kier molecular flexibility index (Phi) is 3.33. The Hall–Kier alpha value is -1.33. The first-order chi connectivity index (χ1) is 9.20. The van der Waals surface area contributed by atoms with Crippen LogP contribution in [0, 0.1) is 0 Å². The van der Waals surface area contributed by atoms with Crippen molar-refractivity contribution in [3.8, 4) is 0 Å². The molecule has 1 amide bonds. The van der Waals surface area contributed by atoms with Gasteiger partial charge in [-0.3, -0.25) is 4.90 Å². The molecule has 2 atom stereocenters. The fraction of sp³-hybridized carbons (Fsp3) is 0.538. The summed E-state index contributed by atoms with van der Waals surface area (Å²) in [6, 6.07) is 1.89. The summed E-state index contributed by atoms with van der Waals surface area (Å²) in [5.41, 5.74) is 0.980. The Bertz CT molecular complexity index is 509. The molecule has 2 aliphatic rings. The van der Waals surface area contributed by atoms with Gasteiger partial charge in [0.1, 0.15) is 11.9 Å². The molecular weight excluding hydrogens is 268 g/mol. The Balaban J connectivity index is 2.12. The lowest BCUT2D eigenvalue weighted by Gasteiger charge is -2.29. The van der Waals surface area contributed by atoms with Crippen LogP contribution in [0.4, 0.5) is 10.6 Å². The van der Waals surface area contributed by atoms with E-state index in [0.717, 1.165) is 12.0 Å². The minimum atomic E-state index is -0.364. The van der Waals surface area contributed by atoms with E-state index >= 15 is 0 Å². The predicted molar refractivity (Wildman–Crippen MR) is 70.7 cm³/mol. The van der Waals surface area contributed by atoms with E-state index in [2.05, 4.69) is 4.98 Å². The quantitative estimate of drug-likeness (QED) is 0.794. The maximum atomic E-state index is 12.1. The van der Waals surface area contributed by atoms with Crippen LogP contribution in [-0.2, 0) is 9.47 Å². The third-order valence-electron chi connectivity index (χ3n) is 3.61. The van der Waals surface area contributed by atoms with Crippen molar-refractivity contribution < 1.29 is 14.3 Å². The average Bonchev–Trinajstić information content (AvgIpc) is 2.52. The van der Waals surface area contributed by atoms with Crippen molar-refractivity contribution in [1.29, 1.82) is 0 Å². The lowest BCUT2D eigenvalue weighted by molar-refractivity contribution is -0.0258. The number of amides is 1. The van der Waals surface area contributed by atoms with Crippen molar-refractivity contribution in [2.24, 2.45) is 0 Å². The zero-order valence-electron chi connectivity index (χ0n) is 10.6. The van der Waals surface area contributed by atoms with Crippen LogP contribution in [-0.4, -0.2) is 36.9 Å².